The summed E-state index contributed by atoms with van der Waals surface area (Å²) in [5, 5.41) is 19.5. The highest BCUT2D eigenvalue weighted by molar-refractivity contribution is 7.09. The van der Waals surface area contributed by atoms with Crippen LogP contribution in [-0.4, -0.2) is 42.8 Å². The van der Waals surface area contributed by atoms with E-state index in [1.54, 1.807) is 18.4 Å². The number of rotatable bonds is 8. The Balaban J connectivity index is 1.71. The van der Waals surface area contributed by atoms with E-state index in [-0.39, 0.29) is 12.5 Å². The number of nitrogens with one attached hydrogen (secondary N) is 2. The molecule has 0 aliphatic carbocycles. The van der Waals surface area contributed by atoms with E-state index in [4.69, 9.17) is 0 Å². The second-order valence-corrected chi connectivity index (χ2v) is 6.60. The largest absolute Gasteiger partial charge is 0.396 e. The predicted octanol–water partition coefficient (Wildman–Crippen LogP) is 2.33. The molecule has 0 radical (unpaired) electrons. The average molecular weight is 347 g/mol. The van der Waals surface area contributed by atoms with Crippen LogP contribution in [0.1, 0.15) is 28.6 Å². The fourth-order valence-corrected chi connectivity index (χ4v) is 3.24. The minimum Gasteiger partial charge on any atom is -0.396 e. The third kappa shape index (κ3) is 5.94. The first-order valence-corrected chi connectivity index (χ1v) is 9.12. The lowest BCUT2D eigenvalue weighted by atomic mass is 10.0. The van der Waals surface area contributed by atoms with Gasteiger partial charge in [-0.1, -0.05) is 30.3 Å². The maximum absolute atomic E-state index is 9.60. The number of guanidine groups is 1. The van der Waals surface area contributed by atoms with E-state index in [2.05, 4.69) is 26.0 Å². The van der Waals surface area contributed by atoms with Crippen molar-refractivity contribution in [3.8, 4) is 0 Å². The van der Waals surface area contributed by atoms with Crippen molar-refractivity contribution in [2.24, 2.45) is 4.99 Å². The number of hydrogen-bond donors (Lipinski definition) is 3. The zero-order valence-corrected chi connectivity index (χ0v) is 15.1. The maximum Gasteiger partial charge on any atom is 0.190 e. The van der Waals surface area contributed by atoms with Gasteiger partial charge in [0.2, 0.25) is 0 Å². The average Bonchev–Trinajstić information content (AvgIpc) is 3.03. The molecular formula is C18H26N4OS. The zero-order valence-electron chi connectivity index (χ0n) is 14.3. The molecule has 0 aliphatic rings. The molecule has 3 N–H and O–H groups in total. The van der Waals surface area contributed by atoms with Crippen LogP contribution in [0, 0.1) is 6.92 Å². The van der Waals surface area contributed by atoms with Crippen molar-refractivity contribution >= 4 is 17.3 Å². The third-order valence-electron chi connectivity index (χ3n) is 3.76. The summed E-state index contributed by atoms with van der Waals surface area (Å²) < 4.78 is 0. The van der Waals surface area contributed by atoms with Gasteiger partial charge in [0.15, 0.2) is 5.96 Å². The van der Waals surface area contributed by atoms with Crippen molar-refractivity contribution in [1.82, 2.24) is 15.6 Å². The van der Waals surface area contributed by atoms with E-state index in [1.165, 1.54) is 5.01 Å². The van der Waals surface area contributed by atoms with E-state index in [1.807, 2.05) is 37.3 Å². The molecule has 0 bridgehead atoms. The van der Waals surface area contributed by atoms with Crippen molar-refractivity contribution in [2.45, 2.75) is 25.7 Å². The molecule has 2 aromatic rings. The first-order chi connectivity index (χ1) is 11.7. The van der Waals surface area contributed by atoms with Gasteiger partial charge < -0.3 is 15.7 Å². The van der Waals surface area contributed by atoms with Gasteiger partial charge in [0.25, 0.3) is 0 Å². The number of aromatic nitrogens is 1. The smallest absolute Gasteiger partial charge is 0.190 e. The van der Waals surface area contributed by atoms with Gasteiger partial charge in [-0.25, -0.2) is 4.98 Å². The Hall–Kier alpha value is -1.92. The van der Waals surface area contributed by atoms with Gasteiger partial charge in [-0.2, -0.15) is 0 Å². The summed E-state index contributed by atoms with van der Waals surface area (Å²) >= 11 is 1.72. The topological polar surface area (TPSA) is 69.5 Å². The van der Waals surface area contributed by atoms with Crippen LogP contribution < -0.4 is 10.6 Å². The summed E-state index contributed by atoms with van der Waals surface area (Å²) in [4.78, 5) is 8.71. The SMILES string of the molecule is CN=C(NCCCc1nc(C)cs1)NCC(CO)c1ccccc1. The molecule has 1 atom stereocenters. The molecule has 0 saturated heterocycles. The third-order valence-corrected chi connectivity index (χ3v) is 4.78. The normalized spacial score (nSPS) is 12.9. The molecule has 0 saturated carbocycles. The van der Waals surface area contributed by atoms with Gasteiger partial charge >= 0.3 is 0 Å². The minimum absolute atomic E-state index is 0.0584. The van der Waals surface area contributed by atoms with Gasteiger partial charge in [-0.05, 0) is 18.9 Å². The number of nitrogens with zero attached hydrogens (tertiary/aromatic N) is 2. The number of thiazole rings is 1. The highest BCUT2D eigenvalue weighted by Gasteiger charge is 2.10. The molecule has 0 aliphatic heterocycles. The molecule has 6 heteroatoms. The van der Waals surface area contributed by atoms with E-state index in [0.29, 0.717) is 6.54 Å². The number of hydrogen-bond acceptors (Lipinski definition) is 4. The zero-order chi connectivity index (χ0) is 17.2. The highest BCUT2D eigenvalue weighted by Crippen LogP contribution is 2.13. The van der Waals surface area contributed by atoms with Crippen LogP contribution >= 0.6 is 11.3 Å². The lowest BCUT2D eigenvalue weighted by Crippen LogP contribution is -2.40. The molecule has 2 rings (SSSR count). The Morgan fingerprint density at radius 3 is 2.71 bits per heavy atom. The molecule has 0 spiro atoms. The molecule has 0 fully saturated rings. The number of aliphatic imine (C=N–C) groups is 1. The summed E-state index contributed by atoms with van der Waals surface area (Å²) in [5.41, 5.74) is 2.22. The van der Waals surface area contributed by atoms with Crippen molar-refractivity contribution in [3.63, 3.8) is 0 Å². The van der Waals surface area contributed by atoms with Crippen molar-refractivity contribution in [2.75, 3.05) is 26.7 Å². The van der Waals surface area contributed by atoms with Crippen LogP contribution in [0.3, 0.4) is 0 Å². The maximum atomic E-state index is 9.60. The first-order valence-electron chi connectivity index (χ1n) is 8.24. The first kappa shape index (κ1) is 18.4. The Labute approximate surface area is 147 Å². The van der Waals surface area contributed by atoms with Crippen LogP contribution in [0.4, 0.5) is 0 Å². The summed E-state index contributed by atoms with van der Waals surface area (Å²) in [6, 6.07) is 10.0. The number of aryl methyl sites for hydroxylation is 2. The Bertz CT molecular complexity index is 627. The van der Waals surface area contributed by atoms with Crippen LogP contribution in [0.2, 0.25) is 0 Å². The van der Waals surface area contributed by atoms with Crippen molar-refractivity contribution < 1.29 is 5.11 Å². The Kier molecular flexibility index (Phi) is 7.71. The van der Waals surface area contributed by atoms with Crippen LogP contribution in [-0.2, 0) is 6.42 Å². The standard InChI is InChI=1S/C18H26N4OS/c1-14-13-24-17(22-14)9-6-10-20-18(19-2)21-11-16(12-23)15-7-4-3-5-8-15/h3-5,7-8,13,16,23H,6,9-12H2,1-2H3,(H2,19,20,21). The molecule has 5 nitrogen and oxygen atoms in total. The van der Waals surface area contributed by atoms with E-state index < -0.39 is 0 Å². The number of aliphatic hydroxyl groups is 1. The Morgan fingerprint density at radius 2 is 2.08 bits per heavy atom. The molecule has 130 valence electrons. The lowest BCUT2D eigenvalue weighted by Gasteiger charge is -2.18. The number of aliphatic hydroxyl groups excluding tert-OH is 1. The molecule has 1 heterocycles. The monoisotopic (exact) mass is 346 g/mol. The van der Waals surface area contributed by atoms with Crippen LogP contribution in [0.5, 0.6) is 0 Å². The molecule has 1 unspecified atom stereocenters. The summed E-state index contributed by atoms with van der Waals surface area (Å²) in [6.07, 6.45) is 1.99. The fraction of sp³-hybridized carbons (Fsp3) is 0.444. The van der Waals surface area contributed by atoms with Gasteiger partial charge in [0.05, 0.1) is 11.6 Å². The predicted molar refractivity (Wildman–Crippen MR) is 101 cm³/mol. The van der Waals surface area contributed by atoms with Gasteiger partial charge in [0.1, 0.15) is 0 Å². The molecule has 1 aromatic heterocycles. The van der Waals surface area contributed by atoms with Crippen LogP contribution in [0.25, 0.3) is 0 Å². The molecule has 1 aromatic carbocycles. The van der Waals surface area contributed by atoms with Gasteiger partial charge in [0, 0.05) is 43.5 Å². The second-order valence-electron chi connectivity index (χ2n) is 5.66. The summed E-state index contributed by atoms with van der Waals surface area (Å²) in [6.45, 7) is 3.62. The van der Waals surface area contributed by atoms with Crippen molar-refractivity contribution in [3.05, 3.63) is 52.0 Å². The second kappa shape index (κ2) is 10.1. The van der Waals surface area contributed by atoms with Gasteiger partial charge in [-0.3, -0.25) is 4.99 Å². The lowest BCUT2D eigenvalue weighted by molar-refractivity contribution is 0.265. The molecule has 24 heavy (non-hydrogen) atoms. The molecule has 0 amide bonds. The Morgan fingerprint density at radius 1 is 1.29 bits per heavy atom. The van der Waals surface area contributed by atoms with E-state index >= 15 is 0 Å². The minimum atomic E-state index is 0.0584. The fourth-order valence-electron chi connectivity index (χ4n) is 2.42. The summed E-state index contributed by atoms with van der Waals surface area (Å²) in [5.74, 6) is 0.822. The molecular weight excluding hydrogens is 320 g/mol. The van der Waals surface area contributed by atoms with E-state index in [0.717, 1.165) is 36.6 Å². The van der Waals surface area contributed by atoms with E-state index in [9.17, 15) is 5.11 Å². The van der Waals surface area contributed by atoms with Crippen molar-refractivity contribution in [1.29, 1.82) is 0 Å². The quantitative estimate of drug-likeness (QED) is 0.390. The highest BCUT2D eigenvalue weighted by atomic mass is 32.1. The number of benzene rings is 1. The van der Waals surface area contributed by atoms with Gasteiger partial charge in [-0.15, -0.1) is 11.3 Å². The van der Waals surface area contributed by atoms with Crippen LogP contribution in [0.15, 0.2) is 40.7 Å². The summed E-state index contributed by atoms with van der Waals surface area (Å²) in [7, 11) is 1.76.